The Labute approximate surface area is 166 Å². The van der Waals surface area contributed by atoms with Crippen molar-refractivity contribution >= 4 is 17.7 Å². The number of aromatic nitrogens is 1. The number of hydrogen-bond acceptors (Lipinski definition) is 3. The van der Waals surface area contributed by atoms with Crippen molar-refractivity contribution in [1.82, 2.24) is 4.57 Å². The van der Waals surface area contributed by atoms with Crippen LogP contribution in [0.2, 0.25) is 0 Å². The van der Waals surface area contributed by atoms with Crippen LogP contribution in [0.25, 0.3) is 6.08 Å². The summed E-state index contributed by atoms with van der Waals surface area (Å²) in [5.74, 6) is -0.385. The Bertz CT molecular complexity index is 937. The Hall–Kier alpha value is -2.84. The van der Waals surface area contributed by atoms with Gasteiger partial charge in [0.25, 0.3) is 5.91 Å². The number of anilines is 1. The normalized spacial score (nSPS) is 16.8. The summed E-state index contributed by atoms with van der Waals surface area (Å²) in [6.45, 7) is 9.58. The van der Waals surface area contributed by atoms with E-state index in [0.717, 1.165) is 59.8 Å². The zero-order valence-electron chi connectivity index (χ0n) is 17.0. The van der Waals surface area contributed by atoms with Crippen molar-refractivity contribution in [2.24, 2.45) is 0 Å². The highest BCUT2D eigenvalue weighted by atomic mass is 16.5. The number of nitrogens with zero attached hydrogens (tertiary/aromatic N) is 2. The second-order valence-corrected chi connectivity index (χ2v) is 7.46. The number of nitriles is 1. The highest BCUT2D eigenvalue weighted by Gasteiger charge is 2.19. The fourth-order valence-electron chi connectivity index (χ4n) is 3.74. The molecule has 1 aromatic carbocycles. The van der Waals surface area contributed by atoms with Gasteiger partial charge in [-0.2, -0.15) is 5.26 Å². The molecule has 1 aliphatic heterocycles. The molecule has 1 aromatic heterocycles. The number of carbonyl (C=O) groups is 1. The fraction of sp³-hybridized carbons (Fsp3) is 0.391. The molecule has 1 unspecified atom stereocenters. The minimum absolute atomic E-state index is 0.0972. The molecular weight excluding hydrogens is 350 g/mol. The molecule has 0 radical (unpaired) electrons. The summed E-state index contributed by atoms with van der Waals surface area (Å²) in [6.07, 6.45) is 4.10. The number of hydrogen-bond donors (Lipinski definition) is 1. The predicted octanol–water partition coefficient (Wildman–Crippen LogP) is 4.45. The first-order valence-corrected chi connectivity index (χ1v) is 9.68. The lowest BCUT2D eigenvalue weighted by atomic mass is 10.1. The summed E-state index contributed by atoms with van der Waals surface area (Å²) in [5.41, 5.74) is 5.84. The highest BCUT2D eigenvalue weighted by molar-refractivity contribution is 6.10. The van der Waals surface area contributed by atoms with E-state index >= 15 is 0 Å². The Morgan fingerprint density at radius 3 is 2.64 bits per heavy atom. The molecule has 1 atom stereocenters. The monoisotopic (exact) mass is 377 g/mol. The van der Waals surface area contributed by atoms with Gasteiger partial charge in [-0.25, -0.2) is 0 Å². The van der Waals surface area contributed by atoms with Gasteiger partial charge in [0.05, 0.1) is 6.10 Å². The molecule has 0 aliphatic carbocycles. The lowest BCUT2D eigenvalue weighted by molar-refractivity contribution is -0.112. The van der Waals surface area contributed by atoms with Crippen molar-refractivity contribution in [3.05, 3.63) is 57.9 Å². The second-order valence-electron chi connectivity index (χ2n) is 7.46. The van der Waals surface area contributed by atoms with E-state index in [2.05, 4.69) is 16.0 Å². The number of aryl methyl sites for hydroxylation is 3. The molecule has 28 heavy (non-hydrogen) atoms. The molecule has 1 N–H and O–H groups in total. The second kappa shape index (κ2) is 8.45. The smallest absolute Gasteiger partial charge is 0.266 e. The average Bonchev–Trinajstić information content (AvgIpc) is 3.26. The first-order valence-electron chi connectivity index (χ1n) is 9.68. The van der Waals surface area contributed by atoms with E-state index in [1.807, 2.05) is 52.0 Å². The molecule has 1 aliphatic rings. The van der Waals surface area contributed by atoms with Gasteiger partial charge in [0.1, 0.15) is 11.6 Å². The number of amides is 1. The van der Waals surface area contributed by atoms with Crippen molar-refractivity contribution in [2.75, 3.05) is 11.9 Å². The van der Waals surface area contributed by atoms with E-state index in [-0.39, 0.29) is 17.6 Å². The Balaban J connectivity index is 1.84. The van der Waals surface area contributed by atoms with Crippen molar-refractivity contribution in [3.63, 3.8) is 0 Å². The summed E-state index contributed by atoms with van der Waals surface area (Å²) in [5, 5.41) is 12.5. The van der Waals surface area contributed by atoms with E-state index in [9.17, 15) is 10.1 Å². The molecule has 1 saturated heterocycles. The number of benzene rings is 1. The van der Waals surface area contributed by atoms with Gasteiger partial charge in [-0.05, 0) is 69.4 Å². The molecule has 1 amide bonds. The molecule has 146 valence electrons. The van der Waals surface area contributed by atoms with Crippen LogP contribution in [0, 0.1) is 39.0 Å². The lowest BCUT2D eigenvalue weighted by Crippen LogP contribution is -2.17. The predicted molar refractivity (Wildman–Crippen MR) is 111 cm³/mol. The summed E-state index contributed by atoms with van der Waals surface area (Å²) >= 11 is 0. The van der Waals surface area contributed by atoms with E-state index in [4.69, 9.17) is 4.74 Å². The Kier molecular flexibility index (Phi) is 6.01. The maximum absolute atomic E-state index is 12.7. The van der Waals surface area contributed by atoms with Crippen LogP contribution in [0.5, 0.6) is 0 Å². The van der Waals surface area contributed by atoms with Gasteiger partial charge in [0.2, 0.25) is 0 Å². The maximum atomic E-state index is 12.7. The number of rotatable bonds is 5. The van der Waals surface area contributed by atoms with Crippen molar-refractivity contribution in [1.29, 1.82) is 5.26 Å². The van der Waals surface area contributed by atoms with Crippen LogP contribution >= 0.6 is 0 Å². The molecule has 2 aromatic rings. The van der Waals surface area contributed by atoms with E-state index in [1.54, 1.807) is 6.08 Å². The zero-order chi connectivity index (χ0) is 20.3. The molecule has 0 spiro atoms. The van der Waals surface area contributed by atoms with Crippen LogP contribution < -0.4 is 5.32 Å². The van der Waals surface area contributed by atoms with Crippen LogP contribution in [0.15, 0.2) is 29.8 Å². The first-order chi connectivity index (χ1) is 13.4. The maximum Gasteiger partial charge on any atom is 0.266 e. The molecule has 5 nitrogen and oxygen atoms in total. The molecule has 2 heterocycles. The summed E-state index contributed by atoms with van der Waals surface area (Å²) in [7, 11) is 0. The molecule has 1 fully saturated rings. The number of ether oxygens (including phenoxy) is 1. The largest absolute Gasteiger partial charge is 0.376 e. The van der Waals surface area contributed by atoms with Gasteiger partial charge in [0.15, 0.2) is 0 Å². The van der Waals surface area contributed by atoms with Gasteiger partial charge in [0, 0.05) is 30.2 Å². The topological polar surface area (TPSA) is 67.0 Å². The van der Waals surface area contributed by atoms with E-state index in [1.165, 1.54) is 0 Å². The van der Waals surface area contributed by atoms with E-state index < -0.39 is 0 Å². The molecule has 5 heteroatoms. The van der Waals surface area contributed by atoms with Gasteiger partial charge >= 0.3 is 0 Å². The number of para-hydroxylation sites is 1. The van der Waals surface area contributed by atoms with Crippen LogP contribution in [0.3, 0.4) is 0 Å². The minimum atomic E-state index is -0.385. The van der Waals surface area contributed by atoms with Crippen LogP contribution in [0.1, 0.15) is 40.9 Å². The van der Waals surface area contributed by atoms with Crippen LogP contribution in [-0.2, 0) is 16.1 Å². The summed E-state index contributed by atoms with van der Waals surface area (Å²) in [4.78, 5) is 12.7. The molecule has 3 rings (SSSR count). The van der Waals surface area contributed by atoms with Crippen LogP contribution in [-0.4, -0.2) is 23.2 Å². The fourth-order valence-corrected chi connectivity index (χ4v) is 3.74. The van der Waals surface area contributed by atoms with Crippen LogP contribution in [0.4, 0.5) is 5.69 Å². The average molecular weight is 377 g/mol. The molecule has 0 saturated carbocycles. The number of nitrogens with one attached hydrogen (secondary N) is 1. The van der Waals surface area contributed by atoms with Gasteiger partial charge < -0.3 is 14.6 Å². The summed E-state index contributed by atoms with van der Waals surface area (Å²) < 4.78 is 7.96. The van der Waals surface area contributed by atoms with Crippen molar-refractivity contribution < 1.29 is 9.53 Å². The molecule has 0 bridgehead atoms. The van der Waals surface area contributed by atoms with E-state index in [0.29, 0.717) is 0 Å². The Morgan fingerprint density at radius 1 is 1.32 bits per heavy atom. The Morgan fingerprint density at radius 2 is 2.04 bits per heavy atom. The zero-order valence-corrected chi connectivity index (χ0v) is 17.0. The third-order valence-electron chi connectivity index (χ3n) is 5.41. The number of carbonyl (C=O) groups excluding carboxylic acids is 1. The highest BCUT2D eigenvalue weighted by Crippen LogP contribution is 2.23. The minimum Gasteiger partial charge on any atom is -0.376 e. The first kappa shape index (κ1) is 19.9. The third kappa shape index (κ3) is 4.18. The van der Waals surface area contributed by atoms with Gasteiger partial charge in [-0.1, -0.05) is 18.2 Å². The van der Waals surface area contributed by atoms with Gasteiger partial charge in [-0.15, -0.1) is 0 Å². The quantitative estimate of drug-likeness (QED) is 0.618. The molecular formula is C23H27N3O2. The summed E-state index contributed by atoms with van der Waals surface area (Å²) in [6, 6.07) is 9.91. The standard InChI is InChI=1S/C23H27N3O2/c1-15-7-5-8-16(2)22(15)25-23(27)20(13-24)12-19-11-17(3)26(18(19)4)14-21-9-6-10-28-21/h5,7-8,11-12,21H,6,9-10,14H2,1-4H3,(H,25,27)/b20-12+. The van der Waals surface area contributed by atoms with Crippen molar-refractivity contribution in [3.8, 4) is 6.07 Å². The van der Waals surface area contributed by atoms with Crippen molar-refractivity contribution in [2.45, 2.75) is 53.2 Å². The SMILES string of the molecule is Cc1cccc(C)c1NC(=O)/C(C#N)=C/c1cc(C)n(CC2CCCO2)c1C. The lowest BCUT2D eigenvalue weighted by Gasteiger charge is -2.14. The third-order valence-corrected chi connectivity index (χ3v) is 5.41. The van der Waals surface area contributed by atoms with Gasteiger partial charge in [-0.3, -0.25) is 4.79 Å².